The zero-order valence-corrected chi connectivity index (χ0v) is 14.8. The molecule has 0 aromatic heterocycles. The van der Waals surface area contributed by atoms with Crippen molar-refractivity contribution in [2.75, 3.05) is 7.11 Å². The quantitative estimate of drug-likeness (QED) is 0.550. The Labute approximate surface area is 141 Å². The van der Waals surface area contributed by atoms with Crippen molar-refractivity contribution in [2.24, 2.45) is 0 Å². The van der Waals surface area contributed by atoms with Crippen molar-refractivity contribution >= 4 is 6.16 Å². The summed E-state index contributed by atoms with van der Waals surface area (Å²) < 4.78 is 3.67. The van der Waals surface area contributed by atoms with Crippen molar-refractivity contribution in [2.45, 2.75) is 89.9 Å². The van der Waals surface area contributed by atoms with E-state index in [1.807, 2.05) is 0 Å². The van der Waals surface area contributed by atoms with Crippen molar-refractivity contribution in [1.82, 2.24) is 0 Å². The van der Waals surface area contributed by atoms with Gasteiger partial charge in [0.05, 0.1) is 7.11 Å². The third-order valence-corrected chi connectivity index (χ3v) is 4.67. The molecule has 0 aromatic rings. The number of ether oxygens (including phenoxy) is 1. The van der Waals surface area contributed by atoms with E-state index in [4.69, 9.17) is 9.90 Å². The van der Waals surface area contributed by atoms with Crippen LogP contribution in [0.15, 0.2) is 23.3 Å². The number of carbonyl (C=O) groups is 1. The zero-order valence-electron chi connectivity index (χ0n) is 14.8. The average Bonchev–Trinajstić information content (AvgIpc) is 2.78. The van der Waals surface area contributed by atoms with Gasteiger partial charge in [-0.15, -0.1) is 0 Å². The van der Waals surface area contributed by atoms with Crippen molar-refractivity contribution < 1.29 is 14.6 Å². The third-order valence-electron chi connectivity index (χ3n) is 4.67. The second-order valence-corrected chi connectivity index (χ2v) is 6.54. The number of rotatable bonds is 1. The minimum atomic E-state index is -1.25. The lowest BCUT2D eigenvalue weighted by Crippen LogP contribution is -1.92. The average molecular weight is 322 g/mol. The van der Waals surface area contributed by atoms with Gasteiger partial charge in [-0.1, -0.05) is 50.7 Å². The van der Waals surface area contributed by atoms with E-state index in [2.05, 4.69) is 16.9 Å². The van der Waals surface area contributed by atoms with E-state index in [0.29, 0.717) is 0 Å². The number of hydrogen-bond donors (Lipinski definition) is 1. The molecule has 0 radical (unpaired) electrons. The van der Waals surface area contributed by atoms with Crippen LogP contribution in [0.5, 0.6) is 0 Å². The van der Waals surface area contributed by atoms with E-state index in [1.54, 1.807) is 11.1 Å². The van der Waals surface area contributed by atoms with Crippen molar-refractivity contribution in [1.29, 1.82) is 0 Å². The largest absolute Gasteiger partial charge is 0.505 e. The number of hydrogen-bond acceptors (Lipinski definition) is 2. The molecule has 0 spiro atoms. The molecule has 2 aliphatic carbocycles. The molecule has 0 saturated carbocycles. The molecule has 0 unspecified atom stereocenters. The van der Waals surface area contributed by atoms with Crippen LogP contribution >= 0.6 is 0 Å². The lowest BCUT2D eigenvalue weighted by molar-refractivity contribution is 0.114. The Morgan fingerprint density at radius 2 is 1.13 bits per heavy atom. The van der Waals surface area contributed by atoms with Gasteiger partial charge in [0.1, 0.15) is 0 Å². The van der Waals surface area contributed by atoms with Gasteiger partial charge in [0.15, 0.2) is 0 Å². The summed E-state index contributed by atoms with van der Waals surface area (Å²) in [4.78, 5) is 9.15. The molecule has 1 N–H and O–H groups in total. The SMILES string of the molecule is C1=C(\C2=C\CCCCCCC2)CCCCCCC/1.COC(=O)O. The first-order chi connectivity index (χ1) is 11.2. The smallest absolute Gasteiger partial charge is 0.450 e. The van der Waals surface area contributed by atoms with Crippen molar-refractivity contribution in [3.63, 3.8) is 0 Å². The molecule has 23 heavy (non-hydrogen) atoms. The van der Waals surface area contributed by atoms with E-state index in [1.165, 1.54) is 89.9 Å². The molecule has 0 atom stereocenters. The van der Waals surface area contributed by atoms with Gasteiger partial charge in [0.2, 0.25) is 0 Å². The van der Waals surface area contributed by atoms with Gasteiger partial charge < -0.3 is 9.84 Å². The first-order valence-electron chi connectivity index (χ1n) is 9.39. The van der Waals surface area contributed by atoms with E-state index in [0.717, 1.165) is 7.11 Å². The number of carboxylic acid groups (broad SMARTS) is 1. The van der Waals surface area contributed by atoms with Gasteiger partial charge in [-0.25, -0.2) is 4.79 Å². The lowest BCUT2D eigenvalue weighted by atomic mass is 9.94. The highest BCUT2D eigenvalue weighted by Crippen LogP contribution is 2.28. The molecule has 2 aliphatic rings. The van der Waals surface area contributed by atoms with Gasteiger partial charge in [-0.2, -0.15) is 0 Å². The first-order valence-corrected chi connectivity index (χ1v) is 9.39. The molecule has 0 saturated heterocycles. The highest BCUT2D eigenvalue weighted by Gasteiger charge is 2.08. The third kappa shape index (κ3) is 10.2. The Kier molecular flexibility index (Phi) is 11.4. The van der Waals surface area contributed by atoms with Gasteiger partial charge in [0.25, 0.3) is 0 Å². The van der Waals surface area contributed by atoms with Crippen LogP contribution in [0.3, 0.4) is 0 Å². The van der Waals surface area contributed by atoms with Crippen molar-refractivity contribution in [3.05, 3.63) is 23.3 Å². The van der Waals surface area contributed by atoms with Crippen LogP contribution in [0, 0.1) is 0 Å². The molecule has 3 heteroatoms. The molecule has 3 nitrogen and oxygen atoms in total. The van der Waals surface area contributed by atoms with Gasteiger partial charge >= 0.3 is 6.16 Å². The molecule has 132 valence electrons. The first kappa shape index (κ1) is 19.8. The molecule has 2 rings (SSSR count). The lowest BCUT2D eigenvalue weighted by Gasteiger charge is -2.12. The molecule has 0 fully saturated rings. The Hall–Kier alpha value is -1.25. The van der Waals surface area contributed by atoms with Crippen molar-refractivity contribution in [3.8, 4) is 0 Å². The van der Waals surface area contributed by atoms with Crippen LogP contribution < -0.4 is 0 Å². The standard InChI is InChI=1S/C18H30.C2H4O3/c1-2-6-10-14-17(13-9-5-1)18-15-11-7-3-4-8-12-16-18;1-5-2(3)4/h13,15H,1-12,14,16H2;1H3,(H,3,4)/b17-13-,18-15+;. The van der Waals surface area contributed by atoms with Crippen LogP contribution in [0.1, 0.15) is 89.9 Å². The monoisotopic (exact) mass is 322 g/mol. The topological polar surface area (TPSA) is 46.5 Å². The second-order valence-electron chi connectivity index (χ2n) is 6.54. The van der Waals surface area contributed by atoms with E-state index >= 15 is 0 Å². The second kappa shape index (κ2) is 13.2. The Bertz CT molecular complexity index is 352. The fourth-order valence-electron chi connectivity index (χ4n) is 3.32. The molecule has 0 aromatic carbocycles. The summed E-state index contributed by atoms with van der Waals surface area (Å²) in [6, 6.07) is 0. The Morgan fingerprint density at radius 1 is 0.783 bits per heavy atom. The highest BCUT2D eigenvalue weighted by atomic mass is 16.6. The fraction of sp³-hybridized carbons (Fsp3) is 0.750. The van der Waals surface area contributed by atoms with Crippen LogP contribution in [0.2, 0.25) is 0 Å². The Morgan fingerprint density at radius 3 is 1.52 bits per heavy atom. The normalized spacial score (nSPS) is 25.1. The zero-order chi connectivity index (χ0) is 16.8. The molecule has 0 heterocycles. The van der Waals surface area contributed by atoms with E-state index in [9.17, 15) is 0 Å². The molecular formula is C20H34O3. The summed E-state index contributed by atoms with van der Waals surface area (Å²) in [6.07, 6.45) is 23.6. The van der Waals surface area contributed by atoms with Crippen LogP contribution in [0.4, 0.5) is 4.79 Å². The fourth-order valence-corrected chi connectivity index (χ4v) is 3.32. The summed E-state index contributed by atoms with van der Waals surface area (Å²) >= 11 is 0. The maximum Gasteiger partial charge on any atom is 0.505 e. The van der Waals surface area contributed by atoms with Crippen LogP contribution in [-0.2, 0) is 4.74 Å². The molecule has 0 amide bonds. The predicted octanol–water partition coefficient (Wildman–Crippen LogP) is 6.64. The minimum absolute atomic E-state index is 1.10. The van der Waals surface area contributed by atoms with Gasteiger partial charge in [0, 0.05) is 0 Å². The van der Waals surface area contributed by atoms with E-state index in [-0.39, 0.29) is 0 Å². The Balaban J connectivity index is 0.000000463. The predicted molar refractivity (Wildman–Crippen MR) is 95.8 cm³/mol. The molecular weight excluding hydrogens is 288 g/mol. The van der Waals surface area contributed by atoms with Crippen LogP contribution in [-0.4, -0.2) is 18.4 Å². The van der Waals surface area contributed by atoms with Gasteiger partial charge in [-0.05, 0) is 62.5 Å². The summed E-state index contributed by atoms with van der Waals surface area (Å²) in [5.74, 6) is 0. The number of methoxy groups -OCH3 is 1. The molecule has 0 aliphatic heterocycles. The summed E-state index contributed by atoms with van der Waals surface area (Å²) in [6.45, 7) is 0. The highest BCUT2D eigenvalue weighted by molar-refractivity contribution is 5.56. The summed E-state index contributed by atoms with van der Waals surface area (Å²) in [5.41, 5.74) is 3.44. The van der Waals surface area contributed by atoms with Crippen LogP contribution in [0.25, 0.3) is 0 Å². The summed E-state index contributed by atoms with van der Waals surface area (Å²) in [7, 11) is 1.10. The maximum absolute atomic E-state index is 9.15. The minimum Gasteiger partial charge on any atom is -0.450 e. The molecule has 0 bridgehead atoms. The van der Waals surface area contributed by atoms with Gasteiger partial charge in [-0.3, -0.25) is 0 Å². The maximum atomic E-state index is 9.15. The van der Waals surface area contributed by atoms with E-state index < -0.39 is 6.16 Å². The summed E-state index contributed by atoms with van der Waals surface area (Å²) in [5, 5.41) is 7.50. The number of allylic oxidation sites excluding steroid dienone is 4.